The zero-order valence-corrected chi connectivity index (χ0v) is 16.8. The second-order valence-electron chi connectivity index (χ2n) is 7.66. The number of carbonyl (C=O) groups is 1. The number of benzene rings is 1. The lowest BCUT2D eigenvalue weighted by Gasteiger charge is -2.35. The molecule has 1 saturated heterocycles. The predicted octanol–water partition coefficient (Wildman–Crippen LogP) is 2.93. The average molecular weight is 363 g/mol. The van der Waals surface area contributed by atoms with E-state index in [0.29, 0.717) is 18.5 Å². The minimum Gasteiger partial charge on any atom is -0.379 e. The number of carbonyl (C=O) groups excluding carboxylic acids is 1. The fourth-order valence-corrected chi connectivity index (χ4v) is 3.29. The molecule has 0 saturated carbocycles. The van der Waals surface area contributed by atoms with Crippen molar-refractivity contribution in [2.45, 2.75) is 33.2 Å². The molecule has 0 aromatic heterocycles. The largest absolute Gasteiger partial charge is 0.379 e. The summed E-state index contributed by atoms with van der Waals surface area (Å²) in [7, 11) is 4.02. The van der Waals surface area contributed by atoms with E-state index in [9.17, 15) is 4.79 Å². The Morgan fingerprint density at radius 2 is 1.96 bits per heavy atom. The van der Waals surface area contributed by atoms with Crippen LogP contribution in [0.5, 0.6) is 0 Å². The fraction of sp³-hybridized carbons (Fsp3) is 0.650. The molecule has 1 atom stereocenters. The van der Waals surface area contributed by atoms with Crippen molar-refractivity contribution >= 4 is 17.4 Å². The van der Waals surface area contributed by atoms with Gasteiger partial charge in [-0.3, -0.25) is 4.90 Å². The van der Waals surface area contributed by atoms with Crippen LogP contribution in [0.4, 0.5) is 16.2 Å². The first-order valence-corrected chi connectivity index (χ1v) is 9.51. The molecule has 0 spiro atoms. The molecular formula is C20H34N4O2. The summed E-state index contributed by atoms with van der Waals surface area (Å²) in [5, 5.41) is 6.03. The number of urea groups is 1. The molecule has 146 valence electrons. The zero-order chi connectivity index (χ0) is 19.1. The first kappa shape index (κ1) is 20.5. The highest BCUT2D eigenvalue weighted by Crippen LogP contribution is 2.21. The van der Waals surface area contributed by atoms with E-state index in [1.54, 1.807) is 0 Å². The zero-order valence-electron chi connectivity index (χ0n) is 16.8. The van der Waals surface area contributed by atoms with Crippen LogP contribution in [0.1, 0.15) is 25.8 Å². The monoisotopic (exact) mass is 362 g/mol. The number of aryl methyl sites for hydroxylation is 1. The van der Waals surface area contributed by atoms with Crippen LogP contribution in [0.15, 0.2) is 18.2 Å². The van der Waals surface area contributed by atoms with Crippen LogP contribution in [0.3, 0.4) is 0 Å². The number of anilines is 2. The first-order valence-electron chi connectivity index (χ1n) is 9.51. The van der Waals surface area contributed by atoms with E-state index in [4.69, 9.17) is 4.74 Å². The second-order valence-corrected chi connectivity index (χ2v) is 7.66. The number of ether oxygens (including phenoxy) is 1. The molecule has 1 aromatic rings. The topological polar surface area (TPSA) is 56.8 Å². The number of hydrogen-bond acceptors (Lipinski definition) is 4. The number of hydrogen-bond donors (Lipinski definition) is 2. The van der Waals surface area contributed by atoms with Gasteiger partial charge in [-0.25, -0.2) is 4.79 Å². The van der Waals surface area contributed by atoms with Crippen LogP contribution in [0, 0.1) is 12.8 Å². The van der Waals surface area contributed by atoms with Crippen molar-refractivity contribution in [1.82, 2.24) is 10.2 Å². The van der Waals surface area contributed by atoms with Crippen molar-refractivity contribution in [3.63, 3.8) is 0 Å². The van der Waals surface area contributed by atoms with Crippen molar-refractivity contribution in [2.24, 2.45) is 5.92 Å². The van der Waals surface area contributed by atoms with Crippen molar-refractivity contribution in [1.29, 1.82) is 0 Å². The molecule has 2 rings (SSSR count). The number of amides is 2. The molecule has 1 aliphatic rings. The third-order valence-electron chi connectivity index (χ3n) is 4.78. The van der Waals surface area contributed by atoms with Gasteiger partial charge in [0.15, 0.2) is 0 Å². The molecule has 0 bridgehead atoms. The molecule has 6 heteroatoms. The van der Waals surface area contributed by atoms with Crippen LogP contribution in [0.25, 0.3) is 0 Å². The summed E-state index contributed by atoms with van der Waals surface area (Å²) in [4.78, 5) is 16.9. The Labute approximate surface area is 157 Å². The third-order valence-corrected chi connectivity index (χ3v) is 4.78. The van der Waals surface area contributed by atoms with Crippen molar-refractivity contribution < 1.29 is 9.53 Å². The van der Waals surface area contributed by atoms with Gasteiger partial charge >= 0.3 is 6.03 Å². The molecule has 1 aliphatic heterocycles. The minimum atomic E-state index is -0.146. The quantitative estimate of drug-likeness (QED) is 0.783. The van der Waals surface area contributed by atoms with E-state index >= 15 is 0 Å². The Balaban J connectivity index is 1.90. The van der Waals surface area contributed by atoms with Gasteiger partial charge in [0.2, 0.25) is 0 Å². The van der Waals surface area contributed by atoms with Crippen LogP contribution in [-0.2, 0) is 4.74 Å². The highest BCUT2D eigenvalue weighted by Gasteiger charge is 2.22. The average Bonchev–Trinajstić information content (AvgIpc) is 2.60. The van der Waals surface area contributed by atoms with E-state index < -0.39 is 0 Å². The smallest absolute Gasteiger partial charge is 0.319 e. The number of rotatable bonds is 7. The Bertz CT molecular complexity index is 583. The Morgan fingerprint density at radius 1 is 1.27 bits per heavy atom. The van der Waals surface area contributed by atoms with E-state index in [1.165, 1.54) is 0 Å². The van der Waals surface area contributed by atoms with Gasteiger partial charge in [0.05, 0.1) is 13.2 Å². The number of nitrogens with zero attached hydrogens (tertiary/aromatic N) is 2. The Hall–Kier alpha value is -1.79. The molecule has 1 heterocycles. The molecule has 2 N–H and O–H groups in total. The van der Waals surface area contributed by atoms with Gasteiger partial charge in [-0.15, -0.1) is 0 Å². The predicted molar refractivity (Wildman–Crippen MR) is 108 cm³/mol. The molecule has 1 fully saturated rings. The van der Waals surface area contributed by atoms with Crippen LogP contribution >= 0.6 is 0 Å². The van der Waals surface area contributed by atoms with E-state index in [2.05, 4.69) is 40.3 Å². The molecule has 1 unspecified atom stereocenters. The van der Waals surface area contributed by atoms with Gasteiger partial charge in [-0.05, 0) is 43.0 Å². The molecule has 0 radical (unpaired) electrons. The summed E-state index contributed by atoms with van der Waals surface area (Å²) < 4.78 is 5.45. The summed E-state index contributed by atoms with van der Waals surface area (Å²) in [6.45, 7) is 10.5. The summed E-state index contributed by atoms with van der Waals surface area (Å²) in [5.74, 6) is 0.591. The van der Waals surface area contributed by atoms with Crippen molar-refractivity contribution in [2.75, 3.05) is 57.2 Å². The van der Waals surface area contributed by atoms with E-state index in [1.807, 2.05) is 33.2 Å². The molecule has 0 aliphatic carbocycles. The van der Waals surface area contributed by atoms with Gasteiger partial charge < -0.3 is 20.3 Å². The fourth-order valence-electron chi connectivity index (χ4n) is 3.29. The molecule has 1 aromatic carbocycles. The van der Waals surface area contributed by atoms with Crippen LogP contribution in [0.2, 0.25) is 0 Å². The van der Waals surface area contributed by atoms with Crippen LogP contribution in [-0.4, -0.2) is 63.9 Å². The molecule has 6 nitrogen and oxygen atoms in total. The first-order chi connectivity index (χ1) is 12.4. The second kappa shape index (κ2) is 9.78. The highest BCUT2D eigenvalue weighted by molar-refractivity contribution is 5.90. The Morgan fingerprint density at radius 3 is 2.54 bits per heavy atom. The molecular weight excluding hydrogens is 328 g/mol. The SMILES string of the molecule is Cc1cc(N(C)C)ccc1NC(=O)NCC(CC(C)C)N1CCOCC1. The van der Waals surface area contributed by atoms with E-state index in [-0.39, 0.29) is 6.03 Å². The maximum atomic E-state index is 12.4. The summed E-state index contributed by atoms with van der Waals surface area (Å²) in [6, 6.07) is 6.25. The van der Waals surface area contributed by atoms with Gasteiger partial charge in [0.25, 0.3) is 0 Å². The molecule has 26 heavy (non-hydrogen) atoms. The highest BCUT2D eigenvalue weighted by atomic mass is 16.5. The van der Waals surface area contributed by atoms with Gasteiger partial charge in [0.1, 0.15) is 0 Å². The number of nitrogens with one attached hydrogen (secondary N) is 2. The maximum Gasteiger partial charge on any atom is 0.319 e. The van der Waals surface area contributed by atoms with Crippen LogP contribution < -0.4 is 15.5 Å². The summed E-state index contributed by atoms with van der Waals surface area (Å²) >= 11 is 0. The normalized spacial score (nSPS) is 16.4. The van der Waals surface area contributed by atoms with Gasteiger partial charge in [-0.2, -0.15) is 0 Å². The van der Waals surface area contributed by atoms with Gasteiger partial charge in [-0.1, -0.05) is 13.8 Å². The third kappa shape index (κ3) is 6.18. The maximum absolute atomic E-state index is 12.4. The lowest BCUT2D eigenvalue weighted by atomic mass is 10.0. The van der Waals surface area contributed by atoms with Crippen molar-refractivity contribution in [3.8, 4) is 0 Å². The standard InChI is InChI=1S/C20H34N4O2/c1-15(2)12-18(24-8-10-26-11-9-24)14-21-20(25)22-19-7-6-17(23(4)5)13-16(19)3/h6-7,13,15,18H,8-12,14H2,1-5H3,(H2,21,22,25). The minimum absolute atomic E-state index is 0.146. The summed E-state index contributed by atoms with van der Waals surface area (Å²) in [5.41, 5.74) is 3.02. The van der Waals surface area contributed by atoms with Gasteiger partial charge in [0, 0.05) is 51.1 Å². The lowest BCUT2D eigenvalue weighted by molar-refractivity contribution is 0.0130. The Kier molecular flexibility index (Phi) is 7.72. The molecule has 2 amide bonds. The van der Waals surface area contributed by atoms with E-state index in [0.717, 1.165) is 49.7 Å². The summed E-state index contributed by atoms with van der Waals surface area (Å²) in [6.07, 6.45) is 1.07. The van der Waals surface area contributed by atoms with Crippen molar-refractivity contribution in [3.05, 3.63) is 23.8 Å². The number of morpholine rings is 1. The lowest BCUT2D eigenvalue weighted by Crippen LogP contribution is -2.49.